The number of benzene rings is 7. The van der Waals surface area contributed by atoms with Gasteiger partial charge in [0.25, 0.3) is 0 Å². The lowest BCUT2D eigenvalue weighted by atomic mass is 10.1. The molecule has 52 heavy (non-hydrogen) atoms. The lowest BCUT2D eigenvalue weighted by Crippen LogP contribution is -2.10. The van der Waals surface area contributed by atoms with Crippen LogP contribution in [0, 0.1) is 13.8 Å². The van der Waals surface area contributed by atoms with Crippen molar-refractivity contribution in [3.63, 3.8) is 0 Å². The standard InChI is InChI=1S/C46H34N6/c1-29-11-17-33(18-12-29)51(34-19-13-30(2)14-20-34)35-21-23-36(24-22-35)52-43-25-15-31(45-47-39-7-3-4-8-40(39)48-45)27-37(43)38-28-32(16-26-44(38)52)46-49-41-9-5-6-10-42(41)50-46/h3-28H,1-2H3,(H,47,48)(H,49,50). The Morgan fingerprint density at radius 2 is 0.885 bits per heavy atom. The van der Waals surface area contributed by atoms with Crippen molar-refractivity contribution in [2.45, 2.75) is 13.8 Å². The molecule has 0 saturated heterocycles. The van der Waals surface area contributed by atoms with Crippen LogP contribution in [0.2, 0.25) is 0 Å². The first kappa shape index (κ1) is 29.9. The number of aromatic nitrogens is 5. The minimum atomic E-state index is 0.856. The third-order valence-corrected chi connectivity index (χ3v) is 10.0. The molecule has 0 atom stereocenters. The zero-order valence-corrected chi connectivity index (χ0v) is 28.8. The quantitative estimate of drug-likeness (QED) is 0.185. The molecule has 3 aromatic heterocycles. The van der Waals surface area contributed by atoms with E-state index in [9.17, 15) is 0 Å². The van der Waals surface area contributed by atoms with Crippen molar-refractivity contribution in [1.82, 2.24) is 24.5 Å². The van der Waals surface area contributed by atoms with Gasteiger partial charge in [-0.15, -0.1) is 0 Å². The highest BCUT2D eigenvalue weighted by molar-refractivity contribution is 6.11. The van der Waals surface area contributed by atoms with Crippen LogP contribution < -0.4 is 4.90 Å². The fourth-order valence-corrected chi connectivity index (χ4v) is 7.36. The van der Waals surface area contributed by atoms with Crippen LogP contribution in [0.4, 0.5) is 17.1 Å². The molecule has 2 N–H and O–H groups in total. The molecule has 248 valence electrons. The highest BCUT2D eigenvalue weighted by Gasteiger charge is 2.18. The van der Waals surface area contributed by atoms with Gasteiger partial charge in [-0.25, -0.2) is 9.97 Å². The van der Waals surface area contributed by atoms with Gasteiger partial charge in [-0.1, -0.05) is 59.7 Å². The summed E-state index contributed by atoms with van der Waals surface area (Å²) in [4.78, 5) is 19.2. The minimum absolute atomic E-state index is 0.856. The van der Waals surface area contributed by atoms with Crippen LogP contribution >= 0.6 is 0 Å². The molecule has 0 spiro atoms. The second-order valence-corrected chi connectivity index (χ2v) is 13.5. The molecule has 0 saturated carbocycles. The predicted molar refractivity (Wildman–Crippen MR) is 215 cm³/mol. The molecule has 0 fully saturated rings. The first-order valence-corrected chi connectivity index (χ1v) is 17.6. The van der Waals surface area contributed by atoms with Gasteiger partial charge in [-0.2, -0.15) is 0 Å². The summed E-state index contributed by atoms with van der Waals surface area (Å²) >= 11 is 0. The Kier molecular flexibility index (Phi) is 6.83. The Labute approximate surface area is 300 Å². The molecule has 6 heteroatoms. The number of nitrogens with zero attached hydrogens (tertiary/aromatic N) is 4. The number of rotatable bonds is 6. The fourth-order valence-electron chi connectivity index (χ4n) is 7.36. The van der Waals surface area contributed by atoms with Gasteiger partial charge in [-0.3, -0.25) is 0 Å². The van der Waals surface area contributed by atoms with E-state index < -0.39 is 0 Å². The summed E-state index contributed by atoms with van der Waals surface area (Å²) in [6.45, 7) is 4.25. The number of H-pyrrole nitrogens is 2. The second-order valence-electron chi connectivity index (χ2n) is 13.5. The highest BCUT2D eigenvalue weighted by atomic mass is 15.1. The van der Waals surface area contributed by atoms with Crippen LogP contribution in [-0.2, 0) is 0 Å². The first-order valence-electron chi connectivity index (χ1n) is 17.6. The van der Waals surface area contributed by atoms with Gasteiger partial charge in [0, 0.05) is 44.6 Å². The van der Waals surface area contributed by atoms with Gasteiger partial charge in [0.1, 0.15) is 11.6 Å². The number of para-hydroxylation sites is 4. The molecule has 0 aliphatic rings. The third-order valence-electron chi connectivity index (χ3n) is 10.0. The van der Waals surface area contributed by atoms with Crippen molar-refractivity contribution in [2.24, 2.45) is 0 Å². The molecule has 0 aliphatic heterocycles. The van der Waals surface area contributed by atoms with Crippen molar-refractivity contribution in [2.75, 3.05) is 4.90 Å². The Balaban J connectivity index is 1.13. The van der Waals surface area contributed by atoms with E-state index in [0.29, 0.717) is 0 Å². The van der Waals surface area contributed by atoms with Crippen molar-refractivity contribution in [3.8, 4) is 28.5 Å². The van der Waals surface area contributed by atoms with E-state index >= 15 is 0 Å². The van der Waals surface area contributed by atoms with Gasteiger partial charge in [0.05, 0.1) is 33.1 Å². The van der Waals surface area contributed by atoms with Crippen molar-refractivity contribution >= 4 is 60.9 Å². The molecule has 6 nitrogen and oxygen atoms in total. The molecule has 10 aromatic rings. The zero-order chi connectivity index (χ0) is 34.8. The Bertz CT molecular complexity index is 2670. The maximum absolute atomic E-state index is 4.93. The van der Waals surface area contributed by atoms with Crippen LogP contribution in [0.15, 0.2) is 158 Å². The van der Waals surface area contributed by atoms with Crippen LogP contribution in [0.1, 0.15) is 11.1 Å². The summed E-state index contributed by atoms with van der Waals surface area (Å²) in [5.74, 6) is 1.71. The highest BCUT2D eigenvalue weighted by Crippen LogP contribution is 2.39. The number of hydrogen-bond donors (Lipinski definition) is 2. The molecule has 0 bridgehead atoms. The molecule has 10 rings (SSSR count). The normalized spacial score (nSPS) is 11.7. The van der Waals surface area contributed by atoms with Crippen molar-refractivity contribution < 1.29 is 0 Å². The molecular formula is C46H34N6. The fraction of sp³-hybridized carbons (Fsp3) is 0.0435. The van der Waals surface area contributed by atoms with Crippen molar-refractivity contribution in [3.05, 3.63) is 169 Å². The average Bonchev–Trinajstić information content (AvgIpc) is 3.90. The number of hydrogen-bond acceptors (Lipinski definition) is 3. The lowest BCUT2D eigenvalue weighted by Gasteiger charge is -2.26. The van der Waals surface area contributed by atoms with Crippen LogP contribution in [0.3, 0.4) is 0 Å². The number of aryl methyl sites for hydroxylation is 2. The SMILES string of the molecule is Cc1ccc(N(c2ccc(C)cc2)c2ccc(-n3c4ccc(-c5nc6ccccc6[nH]5)cc4c4cc(-c5nc6ccccc6[nH]5)ccc43)cc2)cc1. The van der Waals surface area contributed by atoms with Gasteiger partial charge < -0.3 is 19.4 Å². The zero-order valence-electron chi connectivity index (χ0n) is 28.8. The maximum atomic E-state index is 4.93. The van der Waals surface area contributed by atoms with Crippen molar-refractivity contribution in [1.29, 1.82) is 0 Å². The van der Waals surface area contributed by atoms with Crippen LogP contribution in [-0.4, -0.2) is 24.5 Å². The van der Waals surface area contributed by atoms with E-state index in [1.54, 1.807) is 0 Å². The third kappa shape index (κ3) is 5.04. The largest absolute Gasteiger partial charge is 0.338 e. The van der Waals surface area contributed by atoms with Gasteiger partial charge >= 0.3 is 0 Å². The summed E-state index contributed by atoms with van der Waals surface area (Å²) in [7, 11) is 0. The smallest absolute Gasteiger partial charge is 0.138 e. The number of imidazole rings is 2. The van der Waals surface area contributed by atoms with Crippen LogP contribution in [0.25, 0.3) is 72.3 Å². The van der Waals surface area contributed by atoms with E-state index in [-0.39, 0.29) is 0 Å². The summed E-state index contributed by atoms with van der Waals surface area (Å²) in [6, 6.07) is 56.0. The van der Waals surface area contributed by atoms with Gasteiger partial charge in [0.15, 0.2) is 0 Å². The Morgan fingerprint density at radius 1 is 0.462 bits per heavy atom. The maximum Gasteiger partial charge on any atom is 0.138 e. The van der Waals surface area contributed by atoms with Crippen LogP contribution in [0.5, 0.6) is 0 Å². The van der Waals surface area contributed by atoms with E-state index in [1.165, 1.54) is 11.1 Å². The average molecular weight is 671 g/mol. The Hall–Kier alpha value is -6.92. The Morgan fingerprint density at radius 3 is 1.33 bits per heavy atom. The summed E-state index contributed by atoms with van der Waals surface area (Å²) < 4.78 is 2.36. The summed E-state index contributed by atoms with van der Waals surface area (Å²) in [6.07, 6.45) is 0. The topological polar surface area (TPSA) is 65.5 Å². The van der Waals surface area contributed by atoms with E-state index in [1.807, 2.05) is 36.4 Å². The monoisotopic (exact) mass is 670 g/mol. The summed E-state index contributed by atoms with van der Waals surface area (Å²) in [5, 5.41) is 2.30. The molecule has 0 aliphatic carbocycles. The second kappa shape index (κ2) is 11.9. The molecule has 7 aromatic carbocycles. The molecule has 0 unspecified atom stereocenters. The van der Waals surface area contributed by atoms with Gasteiger partial charge in [-0.05, 0) is 123 Å². The summed E-state index contributed by atoms with van der Waals surface area (Å²) in [5.41, 5.74) is 15.2. The number of aromatic amines is 2. The van der Waals surface area contributed by atoms with E-state index in [0.717, 1.165) is 89.4 Å². The number of nitrogens with one attached hydrogen (secondary N) is 2. The van der Waals surface area contributed by atoms with Gasteiger partial charge in [0.2, 0.25) is 0 Å². The minimum Gasteiger partial charge on any atom is -0.338 e. The lowest BCUT2D eigenvalue weighted by molar-refractivity contribution is 1.17. The number of anilines is 3. The number of fused-ring (bicyclic) bond motifs is 5. The van der Waals surface area contributed by atoms with E-state index in [2.05, 4.69) is 155 Å². The predicted octanol–water partition coefficient (Wildman–Crippen LogP) is 12.0. The first-order chi connectivity index (χ1) is 25.6. The van der Waals surface area contributed by atoms with E-state index in [4.69, 9.17) is 9.97 Å². The molecule has 0 radical (unpaired) electrons. The molecule has 3 heterocycles. The molecular weight excluding hydrogens is 637 g/mol. The molecule has 0 amide bonds.